The Hall–Kier alpha value is -1.26. The topological polar surface area (TPSA) is 180 Å². The molecular weight excluding hydrogens is 652 g/mol. The van der Waals surface area contributed by atoms with Crippen LogP contribution >= 0.6 is 0 Å². The van der Waals surface area contributed by atoms with E-state index >= 15 is 0 Å². The molecule has 0 aliphatic carbocycles. The molecule has 3 aliphatic heterocycles. The lowest BCUT2D eigenvalue weighted by Gasteiger charge is -2.49. The smallest absolute Gasteiger partial charge is 0.311 e. The van der Waals surface area contributed by atoms with Crippen LogP contribution in [0.1, 0.15) is 102 Å². The summed E-state index contributed by atoms with van der Waals surface area (Å²) in [4.78, 5) is 28.0. The highest BCUT2D eigenvalue weighted by Crippen LogP contribution is 2.42. The van der Waals surface area contributed by atoms with E-state index in [0.717, 1.165) is 0 Å². The van der Waals surface area contributed by atoms with Gasteiger partial charge in [0.2, 0.25) is 0 Å². The first kappa shape index (κ1) is 43.1. The second-order valence-corrected chi connectivity index (χ2v) is 16.1. The number of Topliss-reactive ketones (excluding diaryl/α,β-unsaturated/α-hetero) is 1. The number of hydrogen-bond donors (Lipinski definition) is 4. The van der Waals surface area contributed by atoms with E-state index in [0.29, 0.717) is 6.42 Å². The predicted octanol–water partition coefficient (Wildman–Crippen LogP) is 3.15. The fourth-order valence-corrected chi connectivity index (χ4v) is 8.34. The Morgan fingerprint density at radius 3 is 1.98 bits per heavy atom. The largest absolute Gasteiger partial charge is 0.459 e. The molecule has 0 radical (unpaired) electrons. The molecule has 50 heavy (non-hydrogen) atoms. The minimum Gasteiger partial charge on any atom is -0.459 e. The Kier molecular flexibility index (Phi) is 14.5. The van der Waals surface area contributed by atoms with E-state index in [4.69, 9.17) is 33.2 Å². The van der Waals surface area contributed by atoms with Crippen molar-refractivity contribution in [1.29, 1.82) is 0 Å². The van der Waals surface area contributed by atoms with Gasteiger partial charge in [-0.1, -0.05) is 34.6 Å². The highest BCUT2D eigenvalue weighted by Gasteiger charge is 2.53. The maximum atomic E-state index is 14.1. The first-order chi connectivity index (χ1) is 23.1. The molecular formula is C37H66O13. The summed E-state index contributed by atoms with van der Waals surface area (Å²) >= 11 is 0. The third kappa shape index (κ3) is 8.91. The van der Waals surface area contributed by atoms with E-state index in [-0.39, 0.29) is 37.1 Å². The van der Waals surface area contributed by atoms with Gasteiger partial charge in [0.15, 0.2) is 12.6 Å². The molecule has 4 N–H and O–H groups in total. The van der Waals surface area contributed by atoms with E-state index in [9.17, 15) is 30.0 Å². The van der Waals surface area contributed by atoms with Crippen LogP contribution < -0.4 is 0 Å². The summed E-state index contributed by atoms with van der Waals surface area (Å²) in [5.74, 6) is -4.54. The molecule has 0 amide bonds. The van der Waals surface area contributed by atoms with Gasteiger partial charge in [0.05, 0.1) is 47.6 Å². The molecule has 0 aromatic heterocycles. The van der Waals surface area contributed by atoms with Crippen LogP contribution in [0.4, 0.5) is 0 Å². The van der Waals surface area contributed by atoms with Crippen molar-refractivity contribution < 1.29 is 63.2 Å². The Bertz CT molecular complexity index is 1130. The molecule has 0 aromatic carbocycles. The van der Waals surface area contributed by atoms with Gasteiger partial charge < -0.3 is 53.6 Å². The molecule has 0 saturated carbocycles. The maximum Gasteiger partial charge on any atom is 0.311 e. The lowest BCUT2D eigenvalue weighted by molar-refractivity contribution is -0.319. The summed E-state index contributed by atoms with van der Waals surface area (Å²) in [5, 5.41) is 45.1. The average molecular weight is 719 g/mol. The predicted molar refractivity (Wildman–Crippen MR) is 183 cm³/mol. The van der Waals surface area contributed by atoms with Crippen molar-refractivity contribution in [2.45, 2.75) is 180 Å². The van der Waals surface area contributed by atoms with Crippen molar-refractivity contribution >= 4 is 11.8 Å². The number of rotatable bonds is 7. The molecule has 3 rings (SSSR count). The lowest BCUT2D eigenvalue weighted by Crippen LogP contribution is -2.60. The third-order valence-corrected chi connectivity index (χ3v) is 11.9. The zero-order chi connectivity index (χ0) is 38.1. The van der Waals surface area contributed by atoms with Gasteiger partial charge in [-0.3, -0.25) is 9.59 Å². The van der Waals surface area contributed by atoms with E-state index < -0.39 is 102 Å². The minimum absolute atomic E-state index is 0.123. The molecule has 3 fully saturated rings. The fraction of sp³-hybridized carbons (Fsp3) is 0.946. The molecule has 292 valence electrons. The number of methoxy groups -OCH3 is 2. The summed E-state index contributed by atoms with van der Waals surface area (Å²) in [7, 11) is 3.01. The Morgan fingerprint density at radius 1 is 0.820 bits per heavy atom. The van der Waals surface area contributed by atoms with E-state index in [1.54, 1.807) is 48.5 Å². The maximum absolute atomic E-state index is 14.1. The van der Waals surface area contributed by atoms with Gasteiger partial charge in [-0.2, -0.15) is 0 Å². The zero-order valence-electron chi connectivity index (χ0n) is 32.5. The number of aliphatic hydroxyl groups excluding tert-OH is 3. The third-order valence-electron chi connectivity index (χ3n) is 11.9. The van der Waals surface area contributed by atoms with Gasteiger partial charge >= 0.3 is 5.97 Å². The Morgan fingerprint density at radius 2 is 1.42 bits per heavy atom. The van der Waals surface area contributed by atoms with E-state index in [2.05, 4.69) is 0 Å². The highest BCUT2D eigenvalue weighted by molar-refractivity contribution is 5.83. The Balaban J connectivity index is 2.20. The van der Waals surface area contributed by atoms with Crippen molar-refractivity contribution in [3.8, 4) is 0 Å². The number of aliphatic hydroxyl groups is 4. The first-order valence-electron chi connectivity index (χ1n) is 18.3. The zero-order valence-corrected chi connectivity index (χ0v) is 32.5. The van der Waals surface area contributed by atoms with Crippen LogP contribution in [0, 0.1) is 29.6 Å². The monoisotopic (exact) mass is 718 g/mol. The van der Waals surface area contributed by atoms with Crippen LogP contribution in [0.15, 0.2) is 0 Å². The lowest BCUT2D eigenvalue weighted by atomic mass is 9.74. The normalized spacial score (nSPS) is 50.4. The number of esters is 1. The number of carbonyl (C=O) groups excluding carboxylic acids is 2. The summed E-state index contributed by atoms with van der Waals surface area (Å²) in [6.07, 6.45) is -8.37. The number of ketones is 1. The molecule has 13 heteroatoms. The fourth-order valence-electron chi connectivity index (χ4n) is 8.34. The SMILES string of the molecule is CC[C@H]1OC(=O)[C@H](C)[C@@H](O[C@H]2C[C@@](C)(OC)[C@@H](O)[C@H](C)O2)[C@H](C)[C@@H](O[C@@H]2O[C@H](C)C[C@H](C)[C@H]2O)[C@](C)(OC)C[C@@H](C)C(=O)[C@H](C)[C@@H](O)[C@]1(C)O. The summed E-state index contributed by atoms with van der Waals surface area (Å²) in [6.45, 7) is 19.0. The van der Waals surface area contributed by atoms with Gasteiger partial charge in [0, 0.05) is 38.4 Å². The highest BCUT2D eigenvalue weighted by atomic mass is 16.7. The molecule has 0 unspecified atom stereocenters. The van der Waals surface area contributed by atoms with Gasteiger partial charge in [-0.25, -0.2) is 0 Å². The van der Waals surface area contributed by atoms with Crippen molar-refractivity contribution in [3.63, 3.8) is 0 Å². The second-order valence-electron chi connectivity index (χ2n) is 16.1. The van der Waals surface area contributed by atoms with Crippen LogP contribution in [0.5, 0.6) is 0 Å². The molecule has 13 nitrogen and oxygen atoms in total. The van der Waals surface area contributed by atoms with Crippen LogP contribution in [0.25, 0.3) is 0 Å². The first-order valence-corrected chi connectivity index (χ1v) is 18.3. The molecule has 0 bridgehead atoms. The summed E-state index contributed by atoms with van der Waals surface area (Å²) in [5.41, 5.74) is -4.20. The van der Waals surface area contributed by atoms with Gasteiger partial charge in [-0.05, 0) is 66.7 Å². The molecule has 0 aromatic rings. The van der Waals surface area contributed by atoms with Crippen LogP contribution in [-0.2, 0) is 42.7 Å². The summed E-state index contributed by atoms with van der Waals surface area (Å²) < 4.78 is 43.6. The van der Waals surface area contributed by atoms with Crippen molar-refractivity contribution in [3.05, 3.63) is 0 Å². The standard InChI is InChI=1S/C37H66O13/c1-14-25-37(11,43)30(40)21(5)27(38)19(3)16-36(10,45-13)32(50-34-28(39)18(2)15-20(4)46-34)22(6)29(23(7)33(42)48-25)49-26-17-35(9,44-12)31(41)24(8)47-26/h18-26,28-32,34,39-41,43H,14-17H2,1-13H3/t18-,19+,20+,21-,22-,23+,24-,25+,26-,28+,29-,30+,31-,32+,34-,35+,36+,37+/m0/s1. The second kappa shape index (κ2) is 16.8. The van der Waals surface area contributed by atoms with E-state index in [1.165, 1.54) is 21.1 Å². The molecule has 18 atom stereocenters. The molecule has 3 heterocycles. The number of cyclic esters (lactones) is 1. The van der Waals surface area contributed by atoms with Crippen LogP contribution in [0.3, 0.4) is 0 Å². The van der Waals surface area contributed by atoms with Crippen molar-refractivity contribution in [1.82, 2.24) is 0 Å². The number of ether oxygens (including phenoxy) is 7. The van der Waals surface area contributed by atoms with Gasteiger partial charge in [0.1, 0.15) is 29.7 Å². The number of carbonyl (C=O) groups is 2. The minimum atomic E-state index is -1.96. The van der Waals surface area contributed by atoms with Crippen molar-refractivity contribution in [2.75, 3.05) is 14.2 Å². The average Bonchev–Trinajstić information content (AvgIpc) is 3.06. The van der Waals surface area contributed by atoms with E-state index in [1.807, 2.05) is 20.8 Å². The molecule has 3 aliphatic rings. The van der Waals surface area contributed by atoms with Crippen LogP contribution in [0.2, 0.25) is 0 Å². The van der Waals surface area contributed by atoms with Gasteiger partial charge in [0.25, 0.3) is 0 Å². The quantitative estimate of drug-likeness (QED) is 0.283. The molecule has 3 saturated heterocycles. The summed E-state index contributed by atoms with van der Waals surface area (Å²) in [6, 6.07) is 0. The van der Waals surface area contributed by atoms with Crippen molar-refractivity contribution in [2.24, 2.45) is 29.6 Å². The van der Waals surface area contributed by atoms with Crippen LogP contribution in [-0.4, -0.2) is 125 Å². The molecule has 0 spiro atoms. The number of hydrogen-bond acceptors (Lipinski definition) is 13. The Labute approximate surface area is 298 Å². The van der Waals surface area contributed by atoms with Gasteiger partial charge in [-0.15, -0.1) is 0 Å².